The Morgan fingerprint density at radius 3 is 2.83 bits per heavy atom. The molecule has 100 valence electrons. The quantitative estimate of drug-likeness (QED) is 0.866. The van der Waals surface area contributed by atoms with Crippen molar-refractivity contribution in [3.8, 4) is 0 Å². The summed E-state index contributed by atoms with van der Waals surface area (Å²) >= 11 is 5.53. The summed E-state index contributed by atoms with van der Waals surface area (Å²) in [5.41, 5.74) is 0. The zero-order chi connectivity index (χ0) is 13.2. The van der Waals surface area contributed by atoms with E-state index in [4.69, 9.17) is 16.3 Å². The molecule has 0 aromatic carbocycles. The molecule has 1 N–H and O–H groups in total. The van der Waals surface area contributed by atoms with Gasteiger partial charge in [-0.25, -0.2) is 9.97 Å². The van der Waals surface area contributed by atoms with Crippen molar-refractivity contribution < 1.29 is 17.9 Å². The van der Waals surface area contributed by atoms with Crippen LogP contribution in [-0.2, 0) is 10.9 Å². The van der Waals surface area contributed by atoms with Crippen LogP contribution in [0.1, 0.15) is 18.7 Å². The zero-order valence-corrected chi connectivity index (χ0v) is 10.1. The molecule has 2 heterocycles. The van der Waals surface area contributed by atoms with E-state index in [-0.39, 0.29) is 17.1 Å². The molecular weight excluding hydrogens is 271 g/mol. The maximum absolute atomic E-state index is 12.5. The van der Waals surface area contributed by atoms with Crippen molar-refractivity contribution in [2.75, 3.05) is 18.5 Å². The Morgan fingerprint density at radius 1 is 1.44 bits per heavy atom. The Bertz CT molecular complexity index is 421. The van der Waals surface area contributed by atoms with Crippen LogP contribution >= 0.6 is 11.6 Å². The molecule has 4 nitrogen and oxygen atoms in total. The van der Waals surface area contributed by atoms with Crippen molar-refractivity contribution in [2.45, 2.75) is 25.1 Å². The fourth-order valence-corrected chi connectivity index (χ4v) is 1.84. The highest BCUT2D eigenvalue weighted by molar-refractivity contribution is 6.29. The summed E-state index contributed by atoms with van der Waals surface area (Å²) < 4.78 is 42.7. The first-order valence-corrected chi connectivity index (χ1v) is 5.80. The minimum atomic E-state index is -4.61. The molecule has 0 saturated carbocycles. The second-order valence-electron chi connectivity index (χ2n) is 3.91. The van der Waals surface area contributed by atoms with Crippen LogP contribution < -0.4 is 5.32 Å². The van der Waals surface area contributed by atoms with Gasteiger partial charge in [-0.2, -0.15) is 13.2 Å². The molecule has 1 aromatic heterocycles. The maximum Gasteiger partial charge on any atom is 0.451 e. The highest BCUT2D eigenvalue weighted by atomic mass is 35.5. The fraction of sp³-hybridized carbons (Fsp3) is 0.600. The number of alkyl halides is 3. The molecule has 0 amide bonds. The van der Waals surface area contributed by atoms with Gasteiger partial charge in [0.1, 0.15) is 11.0 Å². The van der Waals surface area contributed by atoms with Crippen LogP contribution in [0.5, 0.6) is 0 Å². The Labute approximate surface area is 107 Å². The van der Waals surface area contributed by atoms with Gasteiger partial charge in [-0.15, -0.1) is 0 Å². The van der Waals surface area contributed by atoms with Crippen LogP contribution in [0.25, 0.3) is 0 Å². The normalized spacial score (nSPS) is 20.1. The lowest BCUT2D eigenvalue weighted by Crippen LogP contribution is -2.20. The predicted molar refractivity (Wildman–Crippen MR) is 59.5 cm³/mol. The smallest absolute Gasteiger partial charge is 0.376 e. The zero-order valence-electron chi connectivity index (χ0n) is 9.30. The van der Waals surface area contributed by atoms with E-state index in [1.807, 2.05) is 0 Å². The first-order chi connectivity index (χ1) is 8.45. The van der Waals surface area contributed by atoms with Gasteiger partial charge in [0, 0.05) is 19.2 Å². The van der Waals surface area contributed by atoms with Gasteiger partial charge in [0.05, 0.1) is 6.10 Å². The highest BCUT2D eigenvalue weighted by Gasteiger charge is 2.35. The summed E-state index contributed by atoms with van der Waals surface area (Å²) in [6, 6.07) is 1.26. The maximum atomic E-state index is 12.5. The predicted octanol–water partition coefficient (Wildman–Crippen LogP) is 2.74. The molecule has 0 radical (unpaired) electrons. The number of nitrogens with one attached hydrogen (secondary N) is 1. The van der Waals surface area contributed by atoms with Crippen LogP contribution in [0.4, 0.5) is 19.0 Å². The fourth-order valence-electron chi connectivity index (χ4n) is 1.66. The number of nitrogens with zero attached hydrogens (tertiary/aromatic N) is 2. The summed E-state index contributed by atoms with van der Waals surface area (Å²) in [7, 11) is 0. The first kappa shape index (κ1) is 13.4. The minimum absolute atomic E-state index is 0.00748. The van der Waals surface area contributed by atoms with Gasteiger partial charge < -0.3 is 10.1 Å². The standard InChI is InChI=1S/C10H11ClF3N3O/c11-7-4-8(15-5-6-2-1-3-18-6)17-9(16-7)10(12,13)14/h4,6H,1-3,5H2,(H,15,16,17)/t6-/m1/s1. The van der Waals surface area contributed by atoms with Crippen LogP contribution in [0.3, 0.4) is 0 Å². The summed E-state index contributed by atoms with van der Waals surface area (Å²) in [6.07, 6.45) is -2.75. The van der Waals surface area contributed by atoms with Crippen LogP contribution in [0.2, 0.25) is 5.15 Å². The summed E-state index contributed by atoms with van der Waals surface area (Å²) in [5.74, 6) is -1.19. The van der Waals surface area contributed by atoms with Gasteiger partial charge in [0.2, 0.25) is 5.82 Å². The molecule has 0 bridgehead atoms. The average Bonchev–Trinajstić information content (AvgIpc) is 2.77. The van der Waals surface area contributed by atoms with Crippen LogP contribution in [0, 0.1) is 0 Å². The Balaban J connectivity index is 2.05. The van der Waals surface area contributed by atoms with E-state index in [0.717, 1.165) is 12.8 Å². The van der Waals surface area contributed by atoms with E-state index in [2.05, 4.69) is 15.3 Å². The van der Waals surface area contributed by atoms with Gasteiger partial charge in [-0.05, 0) is 12.8 Å². The molecule has 0 aliphatic carbocycles. The number of hydrogen-bond donors (Lipinski definition) is 1. The van der Waals surface area contributed by atoms with Crippen molar-refractivity contribution in [1.29, 1.82) is 0 Å². The lowest BCUT2D eigenvalue weighted by Gasteiger charge is -2.12. The van der Waals surface area contributed by atoms with Crippen molar-refractivity contribution in [2.24, 2.45) is 0 Å². The summed E-state index contributed by atoms with van der Waals surface area (Å²) in [6.45, 7) is 1.09. The molecule has 1 atom stereocenters. The number of ether oxygens (including phenoxy) is 1. The number of rotatable bonds is 3. The van der Waals surface area contributed by atoms with E-state index in [9.17, 15) is 13.2 Å². The molecule has 1 fully saturated rings. The number of hydrogen-bond acceptors (Lipinski definition) is 4. The minimum Gasteiger partial charge on any atom is -0.376 e. The molecule has 8 heteroatoms. The topological polar surface area (TPSA) is 47.0 Å². The Morgan fingerprint density at radius 2 is 2.22 bits per heavy atom. The third kappa shape index (κ3) is 3.46. The molecule has 0 unspecified atom stereocenters. The van der Waals surface area contributed by atoms with E-state index in [1.54, 1.807) is 0 Å². The van der Waals surface area contributed by atoms with Crippen molar-refractivity contribution in [1.82, 2.24) is 9.97 Å². The Hall–Kier alpha value is -1.08. The third-order valence-electron chi connectivity index (χ3n) is 2.48. The number of anilines is 1. The molecule has 1 aromatic rings. The molecule has 1 saturated heterocycles. The molecule has 0 spiro atoms. The SMILES string of the molecule is FC(F)(F)c1nc(Cl)cc(NC[C@H]2CCCO2)n1. The molecular formula is C10H11ClF3N3O. The number of halogens is 4. The highest BCUT2D eigenvalue weighted by Crippen LogP contribution is 2.28. The molecule has 1 aliphatic rings. The number of aromatic nitrogens is 2. The van der Waals surface area contributed by atoms with Crippen molar-refractivity contribution >= 4 is 17.4 Å². The van der Waals surface area contributed by atoms with E-state index < -0.39 is 12.0 Å². The molecule has 18 heavy (non-hydrogen) atoms. The van der Waals surface area contributed by atoms with Crippen molar-refractivity contribution in [3.05, 3.63) is 17.0 Å². The first-order valence-electron chi connectivity index (χ1n) is 5.42. The van der Waals surface area contributed by atoms with Crippen molar-refractivity contribution in [3.63, 3.8) is 0 Å². The van der Waals surface area contributed by atoms with E-state index in [1.165, 1.54) is 6.07 Å². The van der Waals surface area contributed by atoms with Gasteiger partial charge in [-0.3, -0.25) is 0 Å². The molecule has 1 aliphatic heterocycles. The lowest BCUT2D eigenvalue weighted by atomic mass is 10.2. The Kier molecular flexibility index (Phi) is 3.91. The van der Waals surface area contributed by atoms with Gasteiger partial charge in [0.25, 0.3) is 0 Å². The van der Waals surface area contributed by atoms with Crippen LogP contribution in [0.15, 0.2) is 6.07 Å². The van der Waals surface area contributed by atoms with Gasteiger partial charge in [-0.1, -0.05) is 11.6 Å². The van der Waals surface area contributed by atoms with E-state index >= 15 is 0 Å². The summed E-state index contributed by atoms with van der Waals surface area (Å²) in [4.78, 5) is 6.52. The van der Waals surface area contributed by atoms with E-state index in [0.29, 0.717) is 13.2 Å². The van der Waals surface area contributed by atoms with Crippen LogP contribution in [-0.4, -0.2) is 29.2 Å². The van der Waals surface area contributed by atoms with Gasteiger partial charge in [0.15, 0.2) is 0 Å². The largest absolute Gasteiger partial charge is 0.451 e. The second-order valence-corrected chi connectivity index (χ2v) is 4.30. The third-order valence-corrected chi connectivity index (χ3v) is 2.68. The second kappa shape index (κ2) is 5.27. The van der Waals surface area contributed by atoms with Gasteiger partial charge >= 0.3 is 6.18 Å². The lowest BCUT2D eigenvalue weighted by molar-refractivity contribution is -0.144. The monoisotopic (exact) mass is 281 g/mol. The average molecular weight is 282 g/mol. The summed E-state index contributed by atoms with van der Waals surface area (Å²) in [5, 5.41) is 2.54. The molecule has 2 rings (SSSR count).